The van der Waals surface area contributed by atoms with Gasteiger partial charge in [-0.05, 0) is 37.1 Å². The molecule has 1 aliphatic rings. The summed E-state index contributed by atoms with van der Waals surface area (Å²) in [7, 11) is 0. The van der Waals surface area contributed by atoms with Gasteiger partial charge in [0.05, 0.1) is 12.5 Å². The standard InChI is InChI=1S/C25H25FN4O3/c1-3-7-19-23-22(17(13-27)24(28)33-25(23)30-29-19)15-10-11-20(21(12-15)31-4-2)32-14-16-8-5-6-9-18(16)26/h5-6,8-12,22H,3-4,7,14,28H2,1-2H3,(H,29,30)/t22-/m0/s1. The number of benzene rings is 2. The highest BCUT2D eigenvalue weighted by atomic mass is 19.1. The van der Waals surface area contributed by atoms with Crippen LogP contribution < -0.4 is 19.9 Å². The summed E-state index contributed by atoms with van der Waals surface area (Å²) in [5, 5.41) is 17.1. The van der Waals surface area contributed by atoms with Gasteiger partial charge in [0.2, 0.25) is 11.8 Å². The first-order valence-electron chi connectivity index (χ1n) is 10.8. The molecule has 0 saturated carbocycles. The van der Waals surface area contributed by atoms with E-state index in [2.05, 4.69) is 23.2 Å². The Morgan fingerprint density at radius 1 is 1.18 bits per heavy atom. The molecule has 2 aromatic carbocycles. The first kappa shape index (κ1) is 22.2. The van der Waals surface area contributed by atoms with E-state index in [0.717, 1.165) is 29.7 Å². The molecule has 0 unspecified atom stereocenters. The van der Waals surface area contributed by atoms with Crippen LogP contribution in [-0.2, 0) is 13.0 Å². The predicted molar refractivity (Wildman–Crippen MR) is 120 cm³/mol. The summed E-state index contributed by atoms with van der Waals surface area (Å²) in [5.41, 5.74) is 9.30. The second-order valence-electron chi connectivity index (χ2n) is 7.62. The van der Waals surface area contributed by atoms with Crippen LogP contribution >= 0.6 is 0 Å². The predicted octanol–water partition coefficient (Wildman–Crippen LogP) is 4.70. The molecule has 3 N–H and O–H groups in total. The van der Waals surface area contributed by atoms with Gasteiger partial charge in [-0.25, -0.2) is 4.39 Å². The lowest BCUT2D eigenvalue weighted by Gasteiger charge is -2.25. The van der Waals surface area contributed by atoms with E-state index in [1.807, 2.05) is 19.1 Å². The van der Waals surface area contributed by atoms with E-state index in [1.54, 1.807) is 24.3 Å². The van der Waals surface area contributed by atoms with Gasteiger partial charge < -0.3 is 19.9 Å². The maximum Gasteiger partial charge on any atom is 0.244 e. The lowest BCUT2D eigenvalue weighted by molar-refractivity contribution is 0.265. The molecule has 0 fully saturated rings. The number of nitriles is 1. The molecular formula is C25H25FN4O3. The normalized spacial score (nSPS) is 14.9. The summed E-state index contributed by atoms with van der Waals surface area (Å²) < 4.78 is 31.3. The van der Waals surface area contributed by atoms with Crippen LogP contribution in [0.4, 0.5) is 4.39 Å². The minimum Gasteiger partial charge on any atom is -0.490 e. The summed E-state index contributed by atoms with van der Waals surface area (Å²) >= 11 is 0. The van der Waals surface area contributed by atoms with Crippen molar-refractivity contribution in [1.82, 2.24) is 10.2 Å². The fraction of sp³-hybridized carbons (Fsp3) is 0.280. The zero-order valence-electron chi connectivity index (χ0n) is 18.5. The number of rotatable bonds is 8. The van der Waals surface area contributed by atoms with Gasteiger partial charge in [-0.3, -0.25) is 5.10 Å². The number of hydrogen-bond donors (Lipinski definition) is 2. The van der Waals surface area contributed by atoms with Crippen LogP contribution in [0, 0.1) is 17.1 Å². The van der Waals surface area contributed by atoms with E-state index in [-0.39, 0.29) is 18.3 Å². The number of hydrogen-bond acceptors (Lipinski definition) is 6. The monoisotopic (exact) mass is 448 g/mol. The molecule has 0 saturated heterocycles. The number of aromatic amines is 1. The summed E-state index contributed by atoms with van der Waals surface area (Å²) in [6, 6.07) is 14.1. The molecule has 0 bridgehead atoms. The van der Waals surface area contributed by atoms with Crippen molar-refractivity contribution in [3.05, 3.63) is 82.1 Å². The molecule has 1 atom stereocenters. The maximum atomic E-state index is 14.0. The van der Waals surface area contributed by atoms with Crippen molar-refractivity contribution in [2.75, 3.05) is 6.61 Å². The molecular weight excluding hydrogens is 423 g/mol. The summed E-state index contributed by atoms with van der Waals surface area (Å²) in [4.78, 5) is 0. The van der Waals surface area contributed by atoms with Crippen molar-refractivity contribution >= 4 is 0 Å². The molecule has 8 heteroatoms. The molecule has 170 valence electrons. The van der Waals surface area contributed by atoms with E-state index < -0.39 is 5.92 Å². The average molecular weight is 448 g/mol. The van der Waals surface area contributed by atoms with Crippen LogP contribution in [0.2, 0.25) is 0 Å². The summed E-state index contributed by atoms with van der Waals surface area (Å²) in [6.45, 7) is 4.41. The first-order chi connectivity index (χ1) is 16.1. The van der Waals surface area contributed by atoms with Gasteiger partial charge in [-0.1, -0.05) is 37.6 Å². The molecule has 3 aromatic rings. The minimum absolute atomic E-state index is 0.0300. The molecule has 0 spiro atoms. The number of halogens is 1. The van der Waals surface area contributed by atoms with Crippen molar-refractivity contribution in [3.63, 3.8) is 0 Å². The van der Waals surface area contributed by atoms with Crippen LogP contribution in [0.5, 0.6) is 17.4 Å². The number of ether oxygens (including phenoxy) is 3. The van der Waals surface area contributed by atoms with Gasteiger partial charge >= 0.3 is 0 Å². The number of nitrogens with one attached hydrogen (secondary N) is 1. The minimum atomic E-state index is -0.459. The number of aryl methyl sites for hydroxylation is 1. The second kappa shape index (κ2) is 9.65. The Morgan fingerprint density at radius 3 is 2.73 bits per heavy atom. The largest absolute Gasteiger partial charge is 0.490 e. The zero-order chi connectivity index (χ0) is 23.4. The number of nitrogens with zero attached hydrogens (tertiary/aromatic N) is 2. The number of fused-ring (bicyclic) bond motifs is 1. The van der Waals surface area contributed by atoms with Crippen LogP contribution in [-0.4, -0.2) is 16.8 Å². The average Bonchev–Trinajstić information content (AvgIpc) is 3.20. The Balaban J connectivity index is 1.73. The van der Waals surface area contributed by atoms with Crippen molar-refractivity contribution in [2.24, 2.45) is 5.73 Å². The number of allylic oxidation sites excluding steroid dienone is 1. The molecule has 0 radical (unpaired) electrons. The number of H-pyrrole nitrogens is 1. The van der Waals surface area contributed by atoms with E-state index in [9.17, 15) is 9.65 Å². The number of aromatic nitrogens is 2. The SMILES string of the molecule is CCCc1[nH]nc2c1[C@@H](c1ccc(OCc3ccccc3F)c(OCC)c1)C(C#N)=C(N)O2. The van der Waals surface area contributed by atoms with Crippen LogP contribution in [0.25, 0.3) is 0 Å². The molecule has 2 heterocycles. The van der Waals surface area contributed by atoms with E-state index in [4.69, 9.17) is 19.9 Å². The quantitative estimate of drug-likeness (QED) is 0.518. The fourth-order valence-electron chi connectivity index (χ4n) is 3.95. The first-order valence-corrected chi connectivity index (χ1v) is 10.8. The highest BCUT2D eigenvalue weighted by Crippen LogP contribution is 2.45. The van der Waals surface area contributed by atoms with Crippen LogP contribution in [0.1, 0.15) is 48.6 Å². The molecule has 1 aromatic heterocycles. The lowest BCUT2D eigenvalue weighted by Crippen LogP contribution is -2.21. The Bertz CT molecular complexity index is 1230. The Labute approximate surface area is 191 Å². The molecule has 0 aliphatic carbocycles. The highest BCUT2D eigenvalue weighted by Gasteiger charge is 2.35. The van der Waals surface area contributed by atoms with Gasteiger partial charge in [0.1, 0.15) is 24.1 Å². The van der Waals surface area contributed by atoms with Gasteiger partial charge in [-0.15, -0.1) is 5.10 Å². The molecule has 1 aliphatic heterocycles. The van der Waals surface area contributed by atoms with Crippen molar-refractivity contribution in [2.45, 2.75) is 39.2 Å². The van der Waals surface area contributed by atoms with Gasteiger partial charge in [0, 0.05) is 16.8 Å². The maximum absolute atomic E-state index is 14.0. The van der Waals surface area contributed by atoms with Gasteiger partial charge in [0.25, 0.3) is 0 Å². The van der Waals surface area contributed by atoms with Crippen LogP contribution in [0.3, 0.4) is 0 Å². The van der Waals surface area contributed by atoms with E-state index in [1.165, 1.54) is 6.07 Å². The van der Waals surface area contributed by atoms with E-state index in [0.29, 0.717) is 35.1 Å². The molecule has 0 amide bonds. The smallest absolute Gasteiger partial charge is 0.244 e. The summed E-state index contributed by atoms with van der Waals surface area (Å²) in [6.07, 6.45) is 1.65. The Hall–Kier alpha value is -3.99. The fourth-order valence-corrected chi connectivity index (χ4v) is 3.95. The molecule has 4 rings (SSSR count). The third-order valence-corrected chi connectivity index (χ3v) is 5.46. The van der Waals surface area contributed by atoms with Crippen molar-refractivity contribution < 1.29 is 18.6 Å². The van der Waals surface area contributed by atoms with Crippen molar-refractivity contribution in [3.8, 4) is 23.4 Å². The lowest BCUT2D eigenvalue weighted by atomic mass is 9.83. The van der Waals surface area contributed by atoms with E-state index >= 15 is 0 Å². The third kappa shape index (κ3) is 4.35. The highest BCUT2D eigenvalue weighted by molar-refractivity contribution is 5.57. The molecule has 7 nitrogen and oxygen atoms in total. The zero-order valence-corrected chi connectivity index (χ0v) is 18.5. The topological polar surface area (TPSA) is 106 Å². The number of nitrogens with two attached hydrogens (primary N) is 1. The van der Waals surface area contributed by atoms with Crippen LogP contribution in [0.15, 0.2) is 53.9 Å². The molecule has 33 heavy (non-hydrogen) atoms. The van der Waals surface area contributed by atoms with Gasteiger partial charge in [0.15, 0.2) is 11.5 Å². The summed E-state index contributed by atoms with van der Waals surface area (Å²) in [5.74, 6) is 0.590. The van der Waals surface area contributed by atoms with Crippen molar-refractivity contribution in [1.29, 1.82) is 5.26 Å². The third-order valence-electron chi connectivity index (χ3n) is 5.46. The Morgan fingerprint density at radius 2 is 2.00 bits per heavy atom. The second-order valence-corrected chi connectivity index (χ2v) is 7.62. The Kier molecular flexibility index (Phi) is 6.50. The van der Waals surface area contributed by atoms with Gasteiger partial charge in [-0.2, -0.15) is 5.26 Å².